The van der Waals surface area contributed by atoms with Crippen molar-refractivity contribution < 1.29 is 31.1 Å². The Morgan fingerprint density at radius 2 is 1.55 bits per heavy atom. The van der Waals surface area contributed by atoms with E-state index in [2.05, 4.69) is 10.0 Å². The summed E-state index contributed by atoms with van der Waals surface area (Å²) in [7, 11) is -3.82. The Bertz CT molecular complexity index is 1200. The molecule has 0 fully saturated rings. The number of halogens is 3. The van der Waals surface area contributed by atoms with Gasteiger partial charge in [-0.05, 0) is 55.5 Å². The van der Waals surface area contributed by atoms with E-state index in [4.69, 9.17) is 4.74 Å². The molecule has 0 saturated heterocycles. The summed E-state index contributed by atoms with van der Waals surface area (Å²) in [6.07, 6.45) is 0. The van der Waals surface area contributed by atoms with Crippen molar-refractivity contribution in [3.05, 3.63) is 83.7 Å². The Kier molecular flexibility index (Phi) is 6.50. The van der Waals surface area contributed by atoms with Gasteiger partial charge in [-0.3, -0.25) is 9.52 Å². The number of hydrogen-bond acceptors (Lipinski definition) is 4. The van der Waals surface area contributed by atoms with Crippen LogP contribution in [0.5, 0.6) is 5.75 Å². The molecule has 0 saturated carbocycles. The lowest BCUT2D eigenvalue weighted by molar-refractivity contribution is -0.118. The zero-order valence-corrected chi connectivity index (χ0v) is 17.0. The molecule has 31 heavy (non-hydrogen) atoms. The van der Waals surface area contributed by atoms with E-state index >= 15 is 0 Å². The van der Waals surface area contributed by atoms with E-state index in [1.165, 1.54) is 24.3 Å². The van der Waals surface area contributed by atoms with Gasteiger partial charge in [0.1, 0.15) is 5.75 Å². The fourth-order valence-electron chi connectivity index (χ4n) is 2.51. The van der Waals surface area contributed by atoms with E-state index in [1.54, 1.807) is 24.3 Å². The molecule has 0 heterocycles. The molecule has 3 rings (SSSR count). The zero-order valence-electron chi connectivity index (χ0n) is 16.2. The van der Waals surface area contributed by atoms with Gasteiger partial charge in [0.2, 0.25) is 0 Å². The van der Waals surface area contributed by atoms with Gasteiger partial charge < -0.3 is 10.1 Å². The van der Waals surface area contributed by atoms with Crippen molar-refractivity contribution in [2.45, 2.75) is 11.8 Å². The second-order valence-electron chi connectivity index (χ2n) is 6.50. The molecule has 0 spiro atoms. The molecule has 0 radical (unpaired) electrons. The van der Waals surface area contributed by atoms with Gasteiger partial charge in [-0.1, -0.05) is 17.7 Å². The molecule has 0 aliphatic heterocycles. The molecular weight excluding hydrogens is 433 g/mol. The minimum Gasteiger partial charge on any atom is -0.484 e. The Morgan fingerprint density at radius 1 is 0.903 bits per heavy atom. The summed E-state index contributed by atoms with van der Waals surface area (Å²) < 4.78 is 72.2. The fraction of sp³-hybridized carbons (Fsp3) is 0.0952. The molecule has 0 aromatic heterocycles. The maximum absolute atomic E-state index is 13.6. The molecule has 3 aromatic carbocycles. The second-order valence-corrected chi connectivity index (χ2v) is 8.19. The third-order valence-corrected chi connectivity index (χ3v) is 5.51. The van der Waals surface area contributed by atoms with Crippen LogP contribution in [0.1, 0.15) is 5.56 Å². The first kappa shape index (κ1) is 22.2. The number of benzene rings is 3. The SMILES string of the molecule is Cc1ccc(NS(=O)(=O)c2ccc(OCC(=O)Nc3ccc(F)c(F)c3F)cc2)cc1. The number of hydrogen-bond donors (Lipinski definition) is 2. The number of sulfonamides is 1. The predicted molar refractivity (Wildman–Crippen MR) is 109 cm³/mol. The number of nitrogens with one attached hydrogen (secondary N) is 2. The van der Waals surface area contributed by atoms with Crippen LogP contribution < -0.4 is 14.8 Å². The Morgan fingerprint density at radius 3 is 2.19 bits per heavy atom. The minimum absolute atomic E-state index is 0.0197. The highest BCUT2D eigenvalue weighted by Gasteiger charge is 2.16. The summed E-state index contributed by atoms with van der Waals surface area (Å²) >= 11 is 0. The summed E-state index contributed by atoms with van der Waals surface area (Å²) in [6, 6.07) is 13.6. The molecule has 3 aromatic rings. The molecule has 1 amide bonds. The van der Waals surface area contributed by atoms with E-state index < -0.39 is 45.7 Å². The van der Waals surface area contributed by atoms with E-state index in [1.807, 2.05) is 6.92 Å². The summed E-state index contributed by atoms with van der Waals surface area (Å²) in [6.45, 7) is 1.32. The third-order valence-electron chi connectivity index (χ3n) is 4.12. The van der Waals surface area contributed by atoms with Crippen molar-refractivity contribution in [3.8, 4) is 5.75 Å². The number of aryl methyl sites for hydroxylation is 1. The van der Waals surface area contributed by atoms with Crippen LogP contribution >= 0.6 is 0 Å². The largest absolute Gasteiger partial charge is 0.484 e. The van der Waals surface area contributed by atoms with Crippen LogP contribution in [0.4, 0.5) is 24.5 Å². The highest BCUT2D eigenvalue weighted by molar-refractivity contribution is 7.92. The number of carbonyl (C=O) groups is 1. The molecule has 2 N–H and O–H groups in total. The average molecular weight is 450 g/mol. The van der Waals surface area contributed by atoms with Crippen molar-refractivity contribution in [2.24, 2.45) is 0 Å². The molecule has 10 heteroatoms. The number of rotatable bonds is 7. The van der Waals surface area contributed by atoms with Crippen LogP contribution in [0, 0.1) is 24.4 Å². The Balaban J connectivity index is 1.59. The van der Waals surface area contributed by atoms with Gasteiger partial charge in [0.15, 0.2) is 24.1 Å². The minimum atomic E-state index is -3.82. The average Bonchev–Trinajstić information content (AvgIpc) is 2.74. The van der Waals surface area contributed by atoms with Crippen LogP contribution in [-0.2, 0) is 14.8 Å². The van der Waals surface area contributed by atoms with E-state index in [0.717, 1.165) is 11.6 Å². The van der Waals surface area contributed by atoms with Gasteiger partial charge in [-0.2, -0.15) is 0 Å². The Hall–Kier alpha value is -3.53. The molecule has 0 unspecified atom stereocenters. The molecule has 162 valence electrons. The summed E-state index contributed by atoms with van der Waals surface area (Å²) in [5.41, 5.74) is 0.865. The fourth-order valence-corrected chi connectivity index (χ4v) is 3.57. The summed E-state index contributed by atoms with van der Waals surface area (Å²) in [5.74, 6) is -5.24. The van der Waals surface area contributed by atoms with Crippen molar-refractivity contribution in [3.63, 3.8) is 0 Å². The van der Waals surface area contributed by atoms with Gasteiger partial charge in [0.25, 0.3) is 15.9 Å². The van der Waals surface area contributed by atoms with Gasteiger partial charge in [-0.25, -0.2) is 21.6 Å². The molecule has 6 nitrogen and oxygen atoms in total. The van der Waals surface area contributed by atoms with E-state index in [0.29, 0.717) is 11.8 Å². The highest BCUT2D eigenvalue weighted by atomic mass is 32.2. The monoisotopic (exact) mass is 450 g/mol. The van der Waals surface area contributed by atoms with E-state index in [-0.39, 0.29) is 10.6 Å². The molecule has 0 atom stereocenters. The first-order chi connectivity index (χ1) is 14.7. The Labute approximate surface area is 176 Å². The predicted octanol–water partition coefficient (Wildman–Crippen LogP) is 4.23. The molecule has 0 aliphatic rings. The zero-order chi connectivity index (χ0) is 22.6. The lowest BCUT2D eigenvalue weighted by Crippen LogP contribution is -2.21. The molecular formula is C21H17F3N2O4S. The van der Waals surface area contributed by atoms with Gasteiger partial charge in [0, 0.05) is 5.69 Å². The smallest absolute Gasteiger partial charge is 0.262 e. The van der Waals surface area contributed by atoms with Crippen molar-refractivity contribution in [1.82, 2.24) is 0 Å². The first-order valence-corrected chi connectivity index (χ1v) is 10.4. The number of anilines is 2. The number of carbonyl (C=O) groups excluding carboxylic acids is 1. The van der Waals surface area contributed by atoms with Crippen molar-refractivity contribution in [1.29, 1.82) is 0 Å². The lowest BCUT2D eigenvalue weighted by Gasteiger charge is -2.11. The standard InChI is InChI=1S/C21H17F3N2O4S/c1-13-2-4-14(5-3-13)26-31(28,29)16-8-6-15(7-9-16)30-12-19(27)25-18-11-10-17(22)20(23)21(18)24/h2-11,26H,12H2,1H3,(H,25,27). The van der Waals surface area contributed by atoms with Crippen LogP contribution in [-0.4, -0.2) is 20.9 Å². The molecule has 0 bridgehead atoms. The first-order valence-electron chi connectivity index (χ1n) is 8.91. The van der Waals surface area contributed by atoms with Gasteiger partial charge in [-0.15, -0.1) is 0 Å². The number of amides is 1. The van der Waals surface area contributed by atoms with Crippen LogP contribution in [0.15, 0.2) is 65.6 Å². The van der Waals surface area contributed by atoms with Crippen LogP contribution in [0.3, 0.4) is 0 Å². The topological polar surface area (TPSA) is 84.5 Å². The maximum atomic E-state index is 13.6. The van der Waals surface area contributed by atoms with Gasteiger partial charge in [0.05, 0.1) is 10.6 Å². The number of ether oxygens (including phenoxy) is 1. The second kappa shape index (κ2) is 9.09. The van der Waals surface area contributed by atoms with Crippen molar-refractivity contribution >= 4 is 27.3 Å². The quantitative estimate of drug-likeness (QED) is 0.528. The van der Waals surface area contributed by atoms with Gasteiger partial charge >= 0.3 is 0 Å². The molecule has 0 aliphatic carbocycles. The highest BCUT2D eigenvalue weighted by Crippen LogP contribution is 2.21. The van der Waals surface area contributed by atoms with Crippen molar-refractivity contribution in [2.75, 3.05) is 16.6 Å². The van der Waals surface area contributed by atoms with Crippen LogP contribution in [0.2, 0.25) is 0 Å². The third kappa shape index (κ3) is 5.54. The van der Waals surface area contributed by atoms with Crippen LogP contribution in [0.25, 0.3) is 0 Å². The normalized spacial score (nSPS) is 11.1. The maximum Gasteiger partial charge on any atom is 0.262 e. The summed E-state index contributed by atoms with van der Waals surface area (Å²) in [5, 5.41) is 2.06. The lowest BCUT2D eigenvalue weighted by atomic mass is 10.2. The summed E-state index contributed by atoms with van der Waals surface area (Å²) in [4.78, 5) is 11.8. The van der Waals surface area contributed by atoms with E-state index in [9.17, 15) is 26.4 Å².